The van der Waals surface area contributed by atoms with Gasteiger partial charge in [-0.1, -0.05) is 23.7 Å². The smallest absolute Gasteiger partial charge is 0.292 e. The minimum atomic E-state index is -0.329. The lowest BCUT2D eigenvalue weighted by Gasteiger charge is -2.35. The molecule has 2 heterocycles. The molecule has 1 atom stereocenters. The Balaban J connectivity index is 1.45. The van der Waals surface area contributed by atoms with Crippen molar-refractivity contribution in [2.45, 2.75) is 12.5 Å². The van der Waals surface area contributed by atoms with Gasteiger partial charge < -0.3 is 14.5 Å². The third-order valence-electron chi connectivity index (χ3n) is 5.56. The maximum atomic E-state index is 13.1. The maximum Gasteiger partial charge on any atom is 0.292 e. The molecule has 0 spiro atoms. The van der Waals surface area contributed by atoms with Crippen molar-refractivity contribution in [3.8, 4) is 5.75 Å². The summed E-state index contributed by atoms with van der Waals surface area (Å²) in [5.41, 5.74) is 1.66. The fraction of sp³-hybridized carbons (Fsp3) is 0.333. The third-order valence-corrected chi connectivity index (χ3v) is 5.81. The van der Waals surface area contributed by atoms with E-state index in [9.17, 15) is 9.59 Å². The summed E-state index contributed by atoms with van der Waals surface area (Å²) < 4.78 is 5.34. The van der Waals surface area contributed by atoms with Crippen molar-refractivity contribution >= 4 is 34.8 Å². The number of ether oxygens (including phenoxy) is 1. The molecule has 1 N–H and O–H groups in total. The number of anilines is 2. The highest BCUT2D eigenvalue weighted by Gasteiger charge is 2.47. The highest BCUT2D eigenvalue weighted by molar-refractivity contribution is 6.30. The SMILES string of the molecule is COc1ccccc1N1C(=O)C[C@@H]([NH+]2CCN(c3ccc(Cl)cc3)CC2)C1=O. The van der Waals surface area contributed by atoms with E-state index in [2.05, 4.69) is 4.90 Å². The average molecular weight is 401 g/mol. The number of quaternary nitrogens is 1. The predicted molar refractivity (Wildman–Crippen MR) is 108 cm³/mol. The van der Waals surface area contributed by atoms with Gasteiger partial charge in [0.25, 0.3) is 5.91 Å². The monoisotopic (exact) mass is 400 g/mol. The van der Waals surface area contributed by atoms with Crippen LogP contribution in [0.3, 0.4) is 0 Å². The molecule has 0 aliphatic carbocycles. The summed E-state index contributed by atoms with van der Waals surface area (Å²) in [5, 5.41) is 0.722. The zero-order valence-electron chi connectivity index (χ0n) is 15.7. The fourth-order valence-electron chi connectivity index (χ4n) is 4.07. The van der Waals surface area contributed by atoms with Gasteiger partial charge in [0.15, 0.2) is 6.04 Å². The Hall–Kier alpha value is -2.57. The lowest BCUT2D eigenvalue weighted by molar-refractivity contribution is -0.915. The van der Waals surface area contributed by atoms with Crippen LogP contribution in [0.25, 0.3) is 0 Å². The Bertz CT molecular complexity index is 879. The highest BCUT2D eigenvalue weighted by Crippen LogP contribution is 2.31. The average Bonchev–Trinajstić information content (AvgIpc) is 3.02. The Labute approximate surface area is 169 Å². The number of hydrogen-bond acceptors (Lipinski definition) is 4. The molecular formula is C21H23ClN3O3+. The van der Waals surface area contributed by atoms with Crippen molar-refractivity contribution in [2.75, 3.05) is 43.1 Å². The molecule has 2 aromatic carbocycles. The first-order chi connectivity index (χ1) is 13.6. The first kappa shape index (κ1) is 18.8. The number of nitrogens with one attached hydrogen (secondary N) is 1. The molecule has 7 heteroatoms. The van der Waals surface area contributed by atoms with E-state index in [1.807, 2.05) is 36.4 Å². The van der Waals surface area contributed by atoms with Gasteiger partial charge in [-0.2, -0.15) is 0 Å². The number of hydrogen-bond donors (Lipinski definition) is 1. The number of carbonyl (C=O) groups is 2. The number of rotatable bonds is 4. The van der Waals surface area contributed by atoms with Crippen molar-refractivity contribution in [1.82, 2.24) is 0 Å². The van der Waals surface area contributed by atoms with E-state index < -0.39 is 0 Å². The maximum absolute atomic E-state index is 13.1. The van der Waals surface area contributed by atoms with Gasteiger partial charge in [-0.05, 0) is 36.4 Å². The van der Waals surface area contributed by atoms with Gasteiger partial charge in [0.1, 0.15) is 5.75 Å². The molecule has 146 valence electrons. The van der Waals surface area contributed by atoms with E-state index in [1.165, 1.54) is 9.80 Å². The second kappa shape index (κ2) is 7.81. The molecule has 2 aliphatic rings. The zero-order valence-corrected chi connectivity index (χ0v) is 16.5. The van der Waals surface area contributed by atoms with Crippen molar-refractivity contribution in [3.05, 3.63) is 53.6 Å². The van der Waals surface area contributed by atoms with Crippen LogP contribution >= 0.6 is 11.6 Å². The van der Waals surface area contributed by atoms with E-state index in [0.717, 1.165) is 36.9 Å². The van der Waals surface area contributed by atoms with Crippen molar-refractivity contribution in [3.63, 3.8) is 0 Å². The van der Waals surface area contributed by atoms with Crippen molar-refractivity contribution < 1.29 is 19.2 Å². The van der Waals surface area contributed by atoms with Gasteiger partial charge in [0.2, 0.25) is 5.91 Å². The predicted octanol–water partition coefficient (Wildman–Crippen LogP) is 1.39. The molecule has 4 rings (SSSR count). The Morgan fingerprint density at radius 3 is 2.39 bits per heavy atom. The van der Waals surface area contributed by atoms with Crippen LogP contribution in [0.4, 0.5) is 11.4 Å². The number of carbonyl (C=O) groups excluding carboxylic acids is 2. The zero-order chi connectivity index (χ0) is 19.7. The highest BCUT2D eigenvalue weighted by atomic mass is 35.5. The quantitative estimate of drug-likeness (QED) is 0.788. The van der Waals surface area contributed by atoms with E-state index in [1.54, 1.807) is 19.2 Å². The first-order valence-electron chi connectivity index (χ1n) is 9.43. The summed E-state index contributed by atoms with van der Waals surface area (Å²) in [7, 11) is 1.54. The third kappa shape index (κ3) is 3.45. The number of para-hydroxylation sites is 2. The number of imide groups is 1. The molecule has 2 aliphatic heterocycles. The van der Waals surface area contributed by atoms with Crippen LogP contribution in [-0.2, 0) is 9.59 Å². The van der Waals surface area contributed by atoms with Crippen LogP contribution in [0.1, 0.15) is 6.42 Å². The van der Waals surface area contributed by atoms with Crippen LogP contribution in [0.5, 0.6) is 5.75 Å². The van der Waals surface area contributed by atoms with Gasteiger partial charge in [0.05, 0.1) is 45.4 Å². The number of benzene rings is 2. The molecule has 2 fully saturated rings. The summed E-state index contributed by atoms with van der Waals surface area (Å²) in [6.07, 6.45) is 0.243. The Morgan fingerprint density at radius 1 is 1.04 bits per heavy atom. The molecule has 0 saturated carbocycles. The molecule has 0 aromatic heterocycles. The number of methoxy groups -OCH3 is 1. The van der Waals surface area contributed by atoms with Crippen LogP contribution in [0, 0.1) is 0 Å². The molecule has 2 aromatic rings. The Kier molecular flexibility index (Phi) is 5.24. The standard InChI is InChI=1S/C21H22ClN3O3/c1-28-19-5-3-2-4-17(19)25-20(26)14-18(21(25)27)24-12-10-23(11-13-24)16-8-6-15(22)7-9-16/h2-9,18H,10-14H2,1H3/p+1/t18-/m1/s1. The lowest BCUT2D eigenvalue weighted by Crippen LogP contribution is -3.19. The van der Waals surface area contributed by atoms with E-state index in [0.29, 0.717) is 11.4 Å². The molecule has 0 radical (unpaired) electrons. The lowest BCUT2D eigenvalue weighted by atomic mass is 10.1. The summed E-state index contributed by atoms with van der Waals surface area (Å²) in [4.78, 5) is 30.5. The largest absolute Gasteiger partial charge is 0.495 e. The molecule has 2 saturated heterocycles. The van der Waals surface area contributed by atoms with Gasteiger partial charge in [-0.3, -0.25) is 9.59 Å². The first-order valence-corrected chi connectivity index (χ1v) is 9.81. The van der Waals surface area contributed by atoms with Crippen molar-refractivity contribution in [1.29, 1.82) is 0 Å². The van der Waals surface area contributed by atoms with E-state index in [4.69, 9.17) is 16.3 Å². The molecule has 28 heavy (non-hydrogen) atoms. The topological polar surface area (TPSA) is 54.3 Å². The second-order valence-electron chi connectivity index (χ2n) is 7.12. The van der Waals surface area contributed by atoms with Crippen molar-refractivity contribution in [2.24, 2.45) is 0 Å². The Morgan fingerprint density at radius 2 is 1.71 bits per heavy atom. The minimum Gasteiger partial charge on any atom is -0.495 e. The summed E-state index contributed by atoms with van der Waals surface area (Å²) in [5.74, 6) is 0.240. The number of nitrogens with zero attached hydrogens (tertiary/aromatic N) is 2. The number of halogens is 1. The summed E-state index contributed by atoms with van der Waals surface area (Å²) in [6, 6.07) is 14.6. The van der Waals surface area contributed by atoms with Gasteiger partial charge in [-0.25, -0.2) is 4.90 Å². The summed E-state index contributed by atoms with van der Waals surface area (Å²) in [6.45, 7) is 3.30. The normalized spacial score (nSPS) is 20.7. The van der Waals surface area contributed by atoms with Gasteiger partial charge >= 0.3 is 0 Å². The van der Waals surface area contributed by atoms with Gasteiger partial charge in [0, 0.05) is 10.7 Å². The van der Waals surface area contributed by atoms with Crippen LogP contribution in [0.2, 0.25) is 5.02 Å². The van der Waals surface area contributed by atoms with Crippen LogP contribution in [-0.4, -0.2) is 51.1 Å². The molecule has 2 amide bonds. The van der Waals surface area contributed by atoms with Gasteiger partial charge in [-0.15, -0.1) is 0 Å². The number of piperazine rings is 1. The second-order valence-corrected chi connectivity index (χ2v) is 7.55. The number of amides is 2. The van der Waals surface area contributed by atoms with Crippen LogP contribution < -0.4 is 19.4 Å². The molecule has 6 nitrogen and oxygen atoms in total. The molecular weight excluding hydrogens is 378 g/mol. The summed E-state index contributed by atoms with van der Waals surface area (Å²) >= 11 is 5.97. The van der Waals surface area contributed by atoms with E-state index in [-0.39, 0.29) is 24.3 Å². The fourth-order valence-corrected chi connectivity index (χ4v) is 4.20. The van der Waals surface area contributed by atoms with Crippen LogP contribution in [0.15, 0.2) is 48.5 Å². The minimum absolute atomic E-state index is 0.135. The molecule has 0 unspecified atom stereocenters. The van der Waals surface area contributed by atoms with E-state index >= 15 is 0 Å². The molecule has 0 bridgehead atoms.